The highest BCUT2D eigenvalue weighted by molar-refractivity contribution is 7.98. The maximum absolute atomic E-state index is 12.0. The Morgan fingerprint density at radius 2 is 2.11 bits per heavy atom. The van der Waals surface area contributed by atoms with E-state index in [1.54, 1.807) is 16.7 Å². The minimum absolute atomic E-state index is 0.00926. The molecule has 1 aliphatic carbocycles. The molecule has 0 aliphatic heterocycles. The summed E-state index contributed by atoms with van der Waals surface area (Å²) < 4.78 is 0. The van der Waals surface area contributed by atoms with Crippen molar-refractivity contribution in [3.63, 3.8) is 0 Å². The Kier molecular flexibility index (Phi) is 4.49. The average Bonchev–Trinajstić information content (AvgIpc) is 3.21. The second-order valence-electron chi connectivity index (χ2n) is 4.31. The molecule has 1 saturated carbocycles. The number of thioether (sulfide) groups is 1. The van der Waals surface area contributed by atoms with E-state index in [1.165, 1.54) is 4.90 Å². The molecule has 2 N–H and O–H groups in total. The van der Waals surface area contributed by atoms with E-state index in [0.29, 0.717) is 12.6 Å². The third-order valence-corrected chi connectivity index (χ3v) is 3.67. The van der Waals surface area contributed by atoms with Crippen molar-refractivity contribution in [2.24, 2.45) is 0 Å². The van der Waals surface area contributed by atoms with Crippen LogP contribution in [0.5, 0.6) is 0 Å². The normalized spacial score (nSPS) is 14.3. The summed E-state index contributed by atoms with van der Waals surface area (Å²) in [5.41, 5.74) is 0.793. The minimum Gasteiger partial charge on any atom is -0.395 e. The van der Waals surface area contributed by atoms with Gasteiger partial charge >= 0.3 is 6.03 Å². The molecule has 0 aromatic heterocycles. The Hall–Kier alpha value is -1.20. The summed E-state index contributed by atoms with van der Waals surface area (Å²) in [6.07, 6.45) is 4.10. The van der Waals surface area contributed by atoms with E-state index >= 15 is 0 Å². The highest BCUT2D eigenvalue weighted by Gasteiger charge is 2.32. The van der Waals surface area contributed by atoms with Gasteiger partial charge in [0.05, 0.1) is 6.61 Å². The number of anilines is 1. The molecule has 98 valence electrons. The van der Waals surface area contributed by atoms with E-state index in [0.717, 1.165) is 18.5 Å². The SMILES string of the molecule is CSc1ccc(NC(=O)N(CCO)C2CC2)cc1. The molecule has 0 atom stereocenters. The van der Waals surface area contributed by atoms with Crippen LogP contribution in [-0.4, -0.2) is 41.5 Å². The number of aliphatic hydroxyl groups excluding tert-OH is 1. The third-order valence-electron chi connectivity index (χ3n) is 2.93. The van der Waals surface area contributed by atoms with Crippen molar-refractivity contribution in [3.05, 3.63) is 24.3 Å². The van der Waals surface area contributed by atoms with Crippen molar-refractivity contribution < 1.29 is 9.90 Å². The topological polar surface area (TPSA) is 52.6 Å². The average molecular weight is 266 g/mol. The van der Waals surface area contributed by atoms with Crippen LogP contribution < -0.4 is 5.32 Å². The quantitative estimate of drug-likeness (QED) is 0.805. The number of nitrogens with one attached hydrogen (secondary N) is 1. The van der Waals surface area contributed by atoms with Crippen LogP contribution in [0.2, 0.25) is 0 Å². The third kappa shape index (κ3) is 3.40. The lowest BCUT2D eigenvalue weighted by atomic mass is 10.3. The summed E-state index contributed by atoms with van der Waals surface area (Å²) in [6.45, 7) is 0.411. The minimum atomic E-state index is -0.122. The van der Waals surface area contributed by atoms with E-state index in [-0.39, 0.29) is 12.6 Å². The molecule has 0 heterocycles. The molecule has 2 amide bonds. The number of benzene rings is 1. The lowest BCUT2D eigenvalue weighted by Crippen LogP contribution is -2.38. The predicted octanol–water partition coefficient (Wildman–Crippen LogP) is 2.40. The Morgan fingerprint density at radius 3 is 2.61 bits per heavy atom. The van der Waals surface area contributed by atoms with Gasteiger partial charge < -0.3 is 15.3 Å². The summed E-state index contributed by atoms with van der Waals surface area (Å²) in [5.74, 6) is 0. The van der Waals surface area contributed by atoms with Crippen LogP contribution in [0.4, 0.5) is 10.5 Å². The van der Waals surface area contributed by atoms with Crippen molar-refractivity contribution in [2.45, 2.75) is 23.8 Å². The molecule has 1 fully saturated rings. The molecule has 5 heteroatoms. The zero-order chi connectivity index (χ0) is 13.0. The Balaban J connectivity index is 1.95. The monoisotopic (exact) mass is 266 g/mol. The molecule has 1 aromatic carbocycles. The molecular formula is C13H18N2O2S. The molecule has 0 spiro atoms. The van der Waals surface area contributed by atoms with Gasteiger partial charge in [-0.3, -0.25) is 0 Å². The lowest BCUT2D eigenvalue weighted by Gasteiger charge is -2.21. The van der Waals surface area contributed by atoms with E-state index in [4.69, 9.17) is 5.11 Å². The van der Waals surface area contributed by atoms with E-state index in [9.17, 15) is 4.79 Å². The fourth-order valence-electron chi connectivity index (χ4n) is 1.81. The highest BCUT2D eigenvalue weighted by atomic mass is 32.2. The largest absolute Gasteiger partial charge is 0.395 e. The smallest absolute Gasteiger partial charge is 0.322 e. The first kappa shape index (κ1) is 13.2. The zero-order valence-corrected chi connectivity index (χ0v) is 11.2. The molecule has 18 heavy (non-hydrogen) atoms. The van der Waals surface area contributed by atoms with Crippen LogP contribution in [0.15, 0.2) is 29.2 Å². The molecule has 0 unspecified atom stereocenters. The molecule has 1 aliphatic rings. The van der Waals surface area contributed by atoms with Crippen molar-refractivity contribution in [3.8, 4) is 0 Å². The molecule has 0 radical (unpaired) electrons. The van der Waals surface area contributed by atoms with Crippen molar-refractivity contribution >= 4 is 23.5 Å². The van der Waals surface area contributed by atoms with Crippen LogP contribution in [-0.2, 0) is 0 Å². The predicted molar refractivity (Wildman–Crippen MR) is 74.1 cm³/mol. The maximum Gasteiger partial charge on any atom is 0.322 e. The summed E-state index contributed by atoms with van der Waals surface area (Å²) in [4.78, 5) is 14.9. The number of urea groups is 1. The Labute approximate surface area is 111 Å². The van der Waals surface area contributed by atoms with E-state index in [1.807, 2.05) is 30.5 Å². The maximum atomic E-state index is 12.0. The molecule has 0 bridgehead atoms. The first-order valence-electron chi connectivity index (χ1n) is 6.07. The molecule has 4 nitrogen and oxygen atoms in total. The standard InChI is InChI=1S/C13H18N2O2S/c1-18-12-6-2-10(3-7-12)14-13(17)15(8-9-16)11-4-5-11/h2-3,6-7,11,16H,4-5,8-9H2,1H3,(H,14,17). The van der Waals surface area contributed by atoms with Crippen molar-refractivity contribution in [1.29, 1.82) is 0 Å². The van der Waals surface area contributed by atoms with Gasteiger partial charge in [-0.1, -0.05) is 0 Å². The fourth-order valence-corrected chi connectivity index (χ4v) is 2.22. The molecule has 2 rings (SSSR count). The van der Waals surface area contributed by atoms with Crippen molar-refractivity contribution in [2.75, 3.05) is 24.7 Å². The first-order chi connectivity index (χ1) is 8.74. The molecule has 1 aromatic rings. The Morgan fingerprint density at radius 1 is 1.44 bits per heavy atom. The number of nitrogens with zero attached hydrogens (tertiary/aromatic N) is 1. The van der Waals surface area contributed by atoms with Gasteiger partial charge in [-0.15, -0.1) is 11.8 Å². The van der Waals surface area contributed by atoms with E-state index < -0.39 is 0 Å². The second-order valence-corrected chi connectivity index (χ2v) is 5.19. The van der Waals surface area contributed by atoms with Gasteiger partial charge in [0, 0.05) is 23.2 Å². The lowest BCUT2D eigenvalue weighted by molar-refractivity contribution is 0.185. The zero-order valence-electron chi connectivity index (χ0n) is 10.4. The van der Waals surface area contributed by atoms with Gasteiger partial charge in [0.25, 0.3) is 0 Å². The van der Waals surface area contributed by atoms with Gasteiger partial charge in [-0.25, -0.2) is 4.79 Å². The Bertz CT molecular complexity index is 404. The molecular weight excluding hydrogens is 248 g/mol. The first-order valence-corrected chi connectivity index (χ1v) is 7.29. The van der Waals surface area contributed by atoms with Gasteiger partial charge in [0.2, 0.25) is 0 Å². The van der Waals surface area contributed by atoms with Crippen LogP contribution in [0.25, 0.3) is 0 Å². The number of hydrogen-bond donors (Lipinski definition) is 2. The second kappa shape index (κ2) is 6.11. The number of carbonyl (C=O) groups excluding carboxylic acids is 1. The van der Waals surface area contributed by atoms with Crippen LogP contribution in [0, 0.1) is 0 Å². The summed E-state index contributed by atoms with van der Waals surface area (Å²) >= 11 is 1.67. The summed E-state index contributed by atoms with van der Waals surface area (Å²) in [5, 5.41) is 11.8. The van der Waals surface area contributed by atoms with E-state index in [2.05, 4.69) is 5.32 Å². The van der Waals surface area contributed by atoms with Crippen LogP contribution in [0.1, 0.15) is 12.8 Å². The van der Waals surface area contributed by atoms with Gasteiger partial charge in [-0.05, 0) is 43.4 Å². The van der Waals surface area contributed by atoms with Gasteiger partial charge in [0.1, 0.15) is 0 Å². The van der Waals surface area contributed by atoms with Gasteiger partial charge in [-0.2, -0.15) is 0 Å². The number of carbonyl (C=O) groups is 1. The number of aliphatic hydroxyl groups is 1. The van der Waals surface area contributed by atoms with Crippen molar-refractivity contribution in [1.82, 2.24) is 4.90 Å². The van der Waals surface area contributed by atoms with Crippen LogP contribution in [0.3, 0.4) is 0 Å². The number of amides is 2. The number of hydrogen-bond acceptors (Lipinski definition) is 3. The highest BCUT2D eigenvalue weighted by Crippen LogP contribution is 2.27. The fraction of sp³-hybridized carbons (Fsp3) is 0.462. The number of rotatable bonds is 5. The van der Waals surface area contributed by atoms with Crippen LogP contribution >= 0.6 is 11.8 Å². The summed E-state index contributed by atoms with van der Waals surface area (Å²) in [7, 11) is 0. The van der Waals surface area contributed by atoms with Gasteiger partial charge in [0.15, 0.2) is 0 Å². The molecule has 0 saturated heterocycles. The summed E-state index contributed by atoms with van der Waals surface area (Å²) in [6, 6.07) is 7.94.